The van der Waals surface area contributed by atoms with E-state index in [-0.39, 0.29) is 11.1 Å². The fraction of sp³-hybridized carbons (Fsp3) is 0.800. The monoisotopic (exact) mass is 309 g/mol. The summed E-state index contributed by atoms with van der Waals surface area (Å²) in [5, 5.41) is 7.49. The molecule has 1 aromatic rings. The number of ether oxygens (including phenoxy) is 2. The SMILES string of the molecule is COCCn1c(C2CCOCC2)nnc1S(=O)(=O)Cl. The summed E-state index contributed by atoms with van der Waals surface area (Å²) in [6.07, 6.45) is 1.60. The first kappa shape index (κ1) is 14.7. The van der Waals surface area contributed by atoms with Gasteiger partial charge in [0, 0.05) is 43.5 Å². The molecule has 1 saturated heterocycles. The van der Waals surface area contributed by atoms with Gasteiger partial charge < -0.3 is 9.47 Å². The molecule has 0 unspecified atom stereocenters. The quantitative estimate of drug-likeness (QED) is 0.746. The molecule has 0 spiro atoms. The van der Waals surface area contributed by atoms with E-state index in [9.17, 15) is 8.42 Å². The van der Waals surface area contributed by atoms with Crippen molar-refractivity contribution in [3.8, 4) is 0 Å². The predicted octanol–water partition coefficient (Wildman–Crippen LogP) is 0.746. The summed E-state index contributed by atoms with van der Waals surface area (Å²) in [5.74, 6) is 0.782. The van der Waals surface area contributed by atoms with E-state index >= 15 is 0 Å². The summed E-state index contributed by atoms with van der Waals surface area (Å²) < 4.78 is 34.8. The Labute approximate surface area is 116 Å². The van der Waals surface area contributed by atoms with Crippen molar-refractivity contribution >= 4 is 19.7 Å². The zero-order valence-electron chi connectivity index (χ0n) is 10.6. The van der Waals surface area contributed by atoms with Crippen LogP contribution in [0.15, 0.2) is 5.16 Å². The Morgan fingerprint density at radius 2 is 2.11 bits per heavy atom. The van der Waals surface area contributed by atoms with Crippen LogP contribution in [0.2, 0.25) is 0 Å². The normalized spacial score (nSPS) is 17.8. The van der Waals surface area contributed by atoms with E-state index in [1.807, 2.05) is 0 Å². The Morgan fingerprint density at radius 1 is 1.42 bits per heavy atom. The summed E-state index contributed by atoms with van der Waals surface area (Å²) in [5.41, 5.74) is 0. The first-order valence-corrected chi connectivity index (χ1v) is 8.29. The third-order valence-electron chi connectivity index (χ3n) is 3.07. The number of rotatable bonds is 5. The van der Waals surface area contributed by atoms with Gasteiger partial charge in [-0.2, -0.15) is 0 Å². The minimum absolute atomic E-state index is 0.144. The van der Waals surface area contributed by atoms with Gasteiger partial charge in [-0.1, -0.05) is 0 Å². The third-order valence-corrected chi connectivity index (χ3v) is 4.22. The fourth-order valence-corrected chi connectivity index (χ4v) is 3.06. The van der Waals surface area contributed by atoms with Crippen LogP contribution in [0, 0.1) is 0 Å². The number of nitrogens with zero attached hydrogens (tertiary/aromatic N) is 3. The molecule has 1 aromatic heterocycles. The summed E-state index contributed by atoms with van der Waals surface area (Å²) >= 11 is 0. The van der Waals surface area contributed by atoms with E-state index in [4.69, 9.17) is 20.2 Å². The van der Waals surface area contributed by atoms with Crippen molar-refractivity contribution in [1.82, 2.24) is 14.8 Å². The van der Waals surface area contributed by atoms with Gasteiger partial charge in [-0.25, -0.2) is 8.42 Å². The molecule has 9 heteroatoms. The van der Waals surface area contributed by atoms with E-state index in [0.29, 0.717) is 32.2 Å². The number of aromatic nitrogens is 3. The van der Waals surface area contributed by atoms with Crippen molar-refractivity contribution in [2.75, 3.05) is 26.9 Å². The lowest BCUT2D eigenvalue weighted by Crippen LogP contribution is -2.20. The van der Waals surface area contributed by atoms with Gasteiger partial charge in [0.05, 0.1) is 6.61 Å². The van der Waals surface area contributed by atoms with Gasteiger partial charge in [0.1, 0.15) is 5.82 Å². The molecule has 1 aliphatic heterocycles. The Morgan fingerprint density at radius 3 is 2.68 bits per heavy atom. The molecule has 1 aliphatic rings. The molecule has 19 heavy (non-hydrogen) atoms. The number of hydrogen-bond acceptors (Lipinski definition) is 6. The van der Waals surface area contributed by atoms with E-state index in [0.717, 1.165) is 12.8 Å². The molecule has 2 rings (SSSR count). The average Bonchev–Trinajstić information content (AvgIpc) is 2.81. The van der Waals surface area contributed by atoms with Crippen LogP contribution >= 0.6 is 10.7 Å². The highest BCUT2D eigenvalue weighted by Gasteiger charge is 2.27. The van der Waals surface area contributed by atoms with Crippen LogP contribution in [0.25, 0.3) is 0 Å². The predicted molar refractivity (Wildman–Crippen MR) is 67.7 cm³/mol. The average molecular weight is 310 g/mol. The zero-order chi connectivity index (χ0) is 13.9. The topological polar surface area (TPSA) is 83.3 Å². The lowest BCUT2D eigenvalue weighted by Gasteiger charge is -2.22. The van der Waals surface area contributed by atoms with Gasteiger partial charge in [0.15, 0.2) is 0 Å². The molecule has 0 amide bonds. The van der Waals surface area contributed by atoms with Crippen molar-refractivity contribution in [2.24, 2.45) is 0 Å². The van der Waals surface area contributed by atoms with Crippen LogP contribution in [-0.2, 0) is 25.1 Å². The van der Waals surface area contributed by atoms with Crippen molar-refractivity contribution in [1.29, 1.82) is 0 Å². The summed E-state index contributed by atoms with van der Waals surface area (Å²) in [6, 6.07) is 0. The molecule has 2 heterocycles. The Hall–Kier alpha value is -0.700. The summed E-state index contributed by atoms with van der Waals surface area (Å²) in [7, 11) is 3.02. The highest BCUT2D eigenvalue weighted by atomic mass is 35.7. The second kappa shape index (κ2) is 6.17. The third kappa shape index (κ3) is 3.44. The maximum atomic E-state index is 11.5. The number of hydrogen-bond donors (Lipinski definition) is 0. The van der Waals surface area contributed by atoms with Crippen LogP contribution in [0.3, 0.4) is 0 Å². The van der Waals surface area contributed by atoms with Crippen LogP contribution < -0.4 is 0 Å². The highest BCUT2D eigenvalue weighted by Crippen LogP contribution is 2.27. The Balaban J connectivity index is 2.34. The minimum Gasteiger partial charge on any atom is -0.383 e. The Kier molecular flexibility index (Phi) is 4.77. The first-order chi connectivity index (χ1) is 9.04. The second-order valence-corrected chi connectivity index (χ2v) is 6.77. The first-order valence-electron chi connectivity index (χ1n) is 5.98. The van der Waals surface area contributed by atoms with Crippen molar-refractivity contribution in [3.05, 3.63) is 5.82 Å². The zero-order valence-corrected chi connectivity index (χ0v) is 12.2. The van der Waals surface area contributed by atoms with Gasteiger partial charge in [0.2, 0.25) is 0 Å². The number of methoxy groups -OCH3 is 1. The van der Waals surface area contributed by atoms with Crippen molar-refractivity contribution in [3.63, 3.8) is 0 Å². The van der Waals surface area contributed by atoms with Crippen LogP contribution in [0.5, 0.6) is 0 Å². The molecule has 0 atom stereocenters. The lowest BCUT2D eigenvalue weighted by molar-refractivity contribution is 0.0821. The second-order valence-electron chi connectivity index (χ2n) is 4.31. The number of halogens is 1. The molecule has 0 bridgehead atoms. The van der Waals surface area contributed by atoms with Gasteiger partial charge in [-0.3, -0.25) is 4.57 Å². The Bertz CT molecular complexity index is 525. The molecule has 7 nitrogen and oxygen atoms in total. The van der Waals surface area contributed by atoms with E-state index in [1.54, 1.807) is 7.11 Å². The van der Waals surface area contributed by atoms with Gasteiger partial charge in [-0.15, -0.1) is 10.2 Å². The molecule has 0 saturated carbocycles. The van der Waals surface area contributed by atoms with Crippen LogP contribution in [0.4, 0.5) is 0 Å². The maximum Gasteiger partial charge on any atom is 0.296 e. The van der Waals surface area contributed by atoms with E-state index in [1.165, 1.54) is 4.57 Å². The minimum atomic E-state index is -3.91. The largest absolute Gasteiger partial charge is 0.383 e. The smallest absolute Gasteiger partial charge is 0.296 e. The van der Waals surface area contributed by atoms with E-state index in [2.05, 4.69) is 10.2 Å². The molecule has 0 radical (unpaired) electrons. The molecule has 0 N–H and O–H groups in total. The molecular formula is C10H16ClN3O4S. The molecule has 108 valence electrons. The van der Waals surface area contributed by atoms with Crippen molar-refractivity contribution in [2.45, 2.75) is 30.5 Å². The summed E-state index contributed by atoms with van der Waals surface area (Å²) in [6.45, 7) is 2.01. The van der Waals surface area contributed by atoms with E-state index < -0.39 is 9.05 Å². The van der Waals surface area contributed by atoms with Crippen molar-refractivity contribution < 1.29 is 17.9 Å². The molecule has 1 fully saturated rings. The summed E-state index contributed by atoms with van der Waals surface area (Å²) in [4.78, 5) is 0. The van der Waals surface area contributed by atoms with Gasteiger partial charge >= 0.3 is 0 Å². The lowest BCUT2D eigenvalue weighted by atomic mass is 9.99. The molecule has 0 aliphatic carbocycles. The standard InChI is InChI=1S/C10H16ClN3O4S/c1-17-7-4-14-9(8-2-5-18-6-3-8)12-13-10(14)19(11,15)16/h8H,2-7H2,1H3. The fourth-order valence-electron chi connectivity index (χ4n) is 2.13. The highest BCUT2D eigenvalue weighted by molar-refractivity contribution is 8.13. The van der Waals surface area contributed by atoms with Gasteiger partial charge in [-0.05, 0) is 12.8 Å². The maximum absolute atomic E-state index is 11.5. The molecular weight excluding hydrogens is 294 g/mol. The molecule has 0 aromatic carbocycles. The van der Waals surface area contributed by atoms with Crippen LogP contribution in [-0.4, -0.2) is 50.1 Å². The van der Waals surface area contributed by atoms with Gasteiger partial charge in [0.25, 0.3) is 14.2 Å². The van der Waals surface area contributed by atoms with Crippen LogP contribution in [0.1, 0.15) is 24.6 Å².